The second-order valence-electron chi connectivity index (χ2n) is 8.72. The van der Waals surface area contributed by atoms with Crippen LogP contribution >= 0.6 is 0 Å². The third kappa shape index (κ3) is 6.89. The number of carbonyl (C=O) groups is 3. The minimum absolute atomic E-state index is 0.0171. The summed E-state index contributed by atoms with van der Waals surface area (Å²) in [6, 6.07) is 16.1. The molecule has 2 aromatic carbocycles. The molecule has 2 unspecified atom stereocenters. The zero-order chi connectivity index (χ0) is 23.8. The van der Waals surface area contributed by atoms with E-state index in [-0.39, 0.29) is 30.2 Å². The van der Waals surface area contributed by atoms with E-state index in [0.717, 1.165) is 17.7 Å². The molecule has 2 aromatic rings. The Balaban J connectivity index is 1.52. The fourth-order valence-corrected chi connectivity index (χ4v) is 3.86. The number of amides is 3. The molecule has 1 saturated heterocycles. The molecule has 1 heterocycles. The lowest BCUT2D eigenvalue weighted by atomic mass is 9.97. The molecule has 0 bridgehead atoms. The van der Waals surface area contributed by atoms with Crippen LogP contribution in [0.2, 0.25) is 0 Å². The van der Waals surface area contributed by atoms with Crippen LogP contribution in [0.4, 0.5) is 5.69 Å². The number of carbonyl (C=O) groups excluding carboxylic acids is 3. The van der Waals surface area contributed by atoms with Gasteiger partial charge in [0.1, 0.15) is 6.04 Å². The monoisotopic (exact) mass is 450 g/mol. The fourth-order valence-electron chi connectivity index (χ4n) is 3.86. The number of benzene rings is 2. The average Bonchev–Trinajstić information content (AvgIpc) is 2.84. The van der Waals surface area contributed by atoms with E-state index in [1.807, 2.05) is 68.1 Å². The Kier molecular flexibility index (Phi) is 8.60. The van der Waals surface area contributed by atoms with E-state index in [2.05, 4.69) is 10.6 Å². The smallest absolute Gasteiger partial charge is 0.251 e. The Morgan fingerprint density at radius 3 is 2.18 bits per heavy atom. The first-order valence-corrected chi connectivity index (χ1v) is 11.6. The molecule has 1 aliphatic heterocycles. The number of anilines is 1. The Hall–Kier alpha value is -3.19. The lowest BCUT2D eigenvalue weighted by Crippen LogP contribution is -2.57. The summed E-state index contributed by atoms with van der Waals surface area (Å²) in [4.78, 5) is 42.2. The van der Waals surface area contributed by atoms with Crippen LogP contribution in [0.5, 0.6) is 0 Å². The predicted octanol–water partition coefficient (Wildman–Crippen LogP) is 2.92. The van der Waals surface area contributed by atoms with Crippen molar-refractivity contribution < 1.29 is 14.4 Å². The summed E-state index contributed by atoms with van der Waals surface area (Å²) in [6.07, 6.45) is 0.782. The van der Waals surface area contributed by atoms with Crippen LogP contribution in [0.25, 0.3) is 0 Å². The van der Waals surface area contributed by atoms with Gasteiger partial charge in [0, 0.05) is 37.4 Å². The molecular formula is C26H34N4O3. The molecule has 176 valence electrons. The zero-order valence-corrected chi connectivity index (χ0v) is 19.7. The average molecular weight is 451 g/mol. The maximum Gasteiger partial charge on any atom is 0.251 e. The molecule has 0 aliphatic carbocycles. The van der Waals surface area contributed by atoms with E-state index in [1.54, 1.807) is 17.0 Å². The Labute approximate surface area is 196 Å². The second kappa shape index (κ2) is 11.6. The minimum atomic E-state index is -0.570. The van der Waals surface area contributed by atoms with E-state index < -0.39 is 6.04 Å². The third-order valence-corrected chi connectivity index (χ3v) is 6.19. The molecule has 0 saturated carbocycles. The number of piperazine rings is 1. The predicted molar refractivity (Wildman–Crippen MR) is 130 cm³/mol. The van der Waals surface area contributed by atoms with Crippen LogP contribution in [-0.2, 0) is 9.59 Å². The highest BCUT2D eigenvalue weighted by Crippen LogP contribution is 2.15. The SMILES string of the molecule is CCC(C)C(NC(=O)c1ccccc1)C(=O)N1CCN(CC(=O)Nc2ccc(C)cc2)CC1. The quantitative estimate of drug-likeness (QED) is 0.648. The molecule has 7 heteroatoms. The number of nitrogens with zero attached hydrogens (tertiary/aromatic N) is 2. The minimum Gasteiger partial charge on any atom is -0.340 e. The molecule has 33 heavy (non-hydrogen) atoms. The van der Waals surface area contributed by atoms with Gasteiger partial charge in [-0.2, -0.15) is 0 Å². The summed E-state index contributed by atoms with van der Waals surface area (Å²) >= 11 is 0. The Bertz CT molecular complexity index is 938. The summed E-state index contributed by atoms with van der Waals surface area (Å²) in [5.74, 6) is -0.340. The normalized spacial score (nSPS) is 16.0. The van der Waals surface area contributed by atoms with Gasteiger partial charge in [-0.1, -0.05) is 56.2 Å². The summed E-state index contributed by atoms with van der Waals surface area (Å²) in [5.41, 5.74) is 2.47. The molecule has 1 fully saturated rings. The van der Waals surface area contributed by atoms with E-state index in [4.69, 9.17) is 0 Å². The highest BCUT2D eigenvalue weighted by Gasteiger charge is 2.32. The van der Waals surface area contributed by atoms with E-state index in [1.165, 1.54) is 0 Å². The van der Waals surface area contributed by atoms with Gasteiger partial charge < -0.3 is 15.5 Å². The Morgan fingerprint density at radius 2 is 1.58 bits per heavy atom. The number of aryl methyl sites for hydroxylation is 1. The first kappa shape index (κ1) is 24.5. The van der Waals surface area contributed by atoms with Crippen LogP contribution < -0.4 is 10.6 Å². The molecule has 7 nitrogen and oxygen atoms in total. The van der Waals surface area contributed by atoms with Crippen molar-refractivity contribution in [3.05, 3.63) is 65.7 Å². The van der Waals surface area contributed by atoms with E-state index in [0.29, 0.717) is 31.7 Å². The zero-order valence-electron chi connectivity index (χ0n) is 19.7. The number of nitrogens with one attached hydrogen (secondary N) is 2. The van der Waals surface area contributed by atoms with Crippen LogP contribution in [0.3, 0.4) is 0 Å². The van der Waals surface area contributed by atoms with Crippen LogP contribution in [0, 0.1) is 12.8 Å². The molecule has 0 spiro atoms. The molecule has 0 radical (unpaired) electrons. The molecule has 1 aliphatic rings. The maximum atomic E-state index is 13.3. The summed E-state index contributed by atoms with van der Waals surface area (Å²) < 4.78 is 0. The summed E-state index contributed by atoms with van der Waals surface area (Å²) in [7, 11) is 0. The first-order chi connectivity index (χ1) is 15.9. The number of rotatable bonds is 8. The van der Waals surface area contributed by atoms with Gasteiger partial charge in [-0.15, -0.1) is 0 Å². The molecule has 0 aromatic heterocycles. The topological polar surface area (TPSA) is 81.8 Å². The first-order valence-electron chi connectivity index (χ1n) is 11.6. The van der Waals surface area contributed by atoms with Crippen LogP contribution in [0.1, 0.15) is 36.2 Å². The fraction of sp³-hybridized carbons (Fsp3) is 0.423. The number of hydrogen-bond donors (Lipinski definition) is 2. The lowest BCUT2D eigenvalue weighted by Gasteiger charge is -2.37. The second-order valence-corrected chi connectivity index (χ2v) is 8.72. The highest BCUT2D eigenvalue weighted by atomic mass is 16.2. The van der Waals surface area contributed by atoms with Gasteiger partial charge in [-0.25, -0.2) is 0 Å². The van der Waals surface area contributed by atoms with Gasteiger partial charge in [0.2, 0.25) is 11.8 Å². The van der Waals surface area contributed by atoms with Crippen molar-refractivity contribution in [2.45, 2.75) is 33.2 Å². The lowest BCUT2D eigenvalue weighted by molar-refractivity contribution is -0.136. The van der Waals surface area contributed by atoms with Crippen molar-refractivity contribution in [1.29, 1.82) is 0 Å². The van der Waals surface area contributed by atoms with Crippen molar-refractivity contribution in [2.24, 2.45) is 5.92 Å². The highest BCUT2D eigenvalue weighted by molar-refractivity contribution is 5.97. The van der Waals surface area contributed by atoms with Gasteiger partial charge in [0.25, 0.3) is 5.91 Å². The third-order valence-electron chi connectivity index (χ3n) is 6.19. The van der Waals surface area contributed by atoms with Crippen molar-refractivity contribution in [2.75, 3.05) is 38.0 Å². The van der Waals surface area contributed by atoms with E-state index >= 15 is 0 Å². The molecule has 3 rings (SSSR count). The van der Waals surface area contributed by atoms with Gasteiger partial charge in [0.15, 0.2) is 0 Å². The molecular weight excluding hydrogens is 416 g/mol. The molecule has 2 atom stereocenters. The molecule has 2 N–H and O–H groups in total. The van der Waals surface area contributed by atoms with Crippen LogP contribution in [0.15, 0.2) is 54.6 Å². The van der Waals surface area contributed by atoms with Crippen molar-refractivity contribution in [3.63, 3.8) is 0 Å². The van der Waals surface area contributed by atoms with E-state index in [9.17, 15) is 14.4 Å². The maximum absolute atomic E-state index is 13.3. The van der Waals surface area contributed by atoms with Gasteiger partial charge in [-0.3, -0.25) is 19.3 Å². The standard InChI is InChI=1S/C26H34N4O3/c1-4-20(3)24(28-25(32)21-8-6-5-7-9-21)26(33)30-16-14-29(15-17-30)18-23(31)27-22-12-10-19(2)11-13-22/h5-13,20,24H,4,14-18H2,1-3H3,(H,27,31)(H,28,32). The largest absolute Gasteiger partial charge is 0.340 e. The van der Waals surface area contributed by atoms with Crippen molar-refractivity contribution in [3.8, 4) is 0 Å². The van der Waals surface area contributed by atoms with Crippen LogP contribution in [-0.4, -0.2) is 66.3 Å². The van der Waals surface area contributed by atoms with Gasteiger partial charge in [0.05, 0.1) is 6.54 Å². The summed E-state index contributed by atoms with van der Waals surface area (Å²) in [6.45, 7) is 8.60. The van der Waals surface area contributed by atoms with Gasteiger partial charge >= 0.3 is 0 Å². The summed E-state index contributed by atoms with van der Waals surface area (Å²) in [5, 5.41) is 5.87. The van der Waals surface area contributed by atoms with Crippen molar-refractivity contribution >= 4 is 23.4 Å². The van der Waals surface area contributed by atoms with Crippen molar-refractivity contribution in [1.82, 2.24) is 15.1 Å². The molecule has 3 amide bonds. The van der Waals surface area contributed by atoms with Gasteiger partial charge in [-0.05, 0) is 37.1 Å². The Morgan fingerprint density at radius 1 is 0.939 bits per heavy atom. The number of hydrogen-bond acceptors (Lipinski definition) is 4.